The zero-order valence-corrected chi connectivity index (χ0v) is 21.8. The third-order valence-electron chi connectivity index (χ3n) is 5.16. The molecule has 6 nitrogen and oxygen atoms in total. The molecule has 166 valence electrons. The summed E-state index contributed by atoms with van der Waals surface area (Å²) in [4.78, 5) is 11.3. The van der Waals surface area contributed by atoms with Gasteiger partial charge in [-0.2, -0.15) is 0 Å². The van der Waals surface area contributed by atoms with Crippen LogP contribution in [0, 0.1) is 0 Å². The summed E-state index contributed by atoms with van der Waals surface area (Å²) in [6.45, 7) is 0.677. The Morgan fingerprint density at radius 1 is 1.03 bits per heavy atom. The van der Waals surface area contributed by atoms with E-state index in [1.54, 1.807) is 54.2 Å². The molecule has 1 heterocycles. The molecule has 0 aliphatic carbocycles. The molecule has 33 heavy (non-hydrogen) atoms. The van der Waals surface area contributed by atoms with Crippen molar-refractivity contribution < 1.29 is 52.6 Å². The van der Waals surface area contributed by atoms with E-state index < -0.39 is 16.0 Å². The van der Waals surface area contributed by atoms with E-state index in [4.69, 9.17) is 4.74 Å². The summed E-state index contributed by atoms with van der Waals surface area (Å²) in [5, 5.41) is 11.0. The van der Waals surface area contributed by atoms with Gasteiger partial charge in [0.1, 0.15) is 12.4 Å². The van der Waals surface area contributed by atoms with Crippen LogP contribution in [0.4, 0.5) is 0 Å². The number of carbonyl (C=O) groups is 1. The van der Waals surface area contributed by atoms with Crippen LogP contribution in [0.25, 0.3) is 0 Å². The molecule has 9 heteroatoms. The maximum Gasteiger partial charge on any atom is 1.00 e. The van der Waals surface area contributed by atoms with Crippen molar-refractivity contribution in [3.05, 3.63) is 95.1 Å². The fraction of sp³-hybridized carbons (Fsp3) is 0.208. The monoisotopic (exact) mass is 491 g/mol. The van der Waals surface area contributed by atoms with E-state index in [-0.39, 0.29) is 52.7 Å². The van der Waals surface area contributed by atoms with Crippen molar-refractivity contribution in [2.24, 2.45) is 0 Å². The number of rotatable bonds is 8. The molecule has 0 aromatic heterocycles. The average Bonchev–Trinajstić information content (AvgIpc) is 2.94. The minimum absolute atomic E-state index is 0. The second-order valence-electron chi connectivity index (χ2n) is 7.37. The summed E-state index contributed by atoms with van der Waals surface area (Å²) in [5.74, 6) is 0.0833. The Morgan fingerprint density at radius 2 is 1.76 bits per heavy atom. The SMILES string of the molecule is O=C([O-])Cc1ccc2c(c1)C(SCCNS(=O)(=O)c1ccccc1)c1ccccc1CO2.[Na+]. The van der Waals surface area contributed by atoms with E-state index in [2.05, 4.69) is 4.72 Å². The van der Waals surface area contributed by atoms with Crippen molar-refractivity contribution in [2.45, 2.75) is 23.2 Å². The van der Waals surface area contributed by atoms with Crippen LogP contribution in [0.5, 0.6) is 5.75 Å². The molecule has 0 radical (unpaired) electrons. The first-order valence-electron chi connectivity index (χ1n) is 10.1. The zero-order valence-electron chi connectivity index (χ0n) is 18.2. The van der Waals surface area contributed by atoms with Gasteiger partial charge in [0, 0.05) is 30.3 Å². The van der Waals surface area contributed by atoms with Gasteiger partial charge in [0.05, 0.1) is 10.1 Å². The van der Waals surface area contributed by atoms with E-state index in [0.29, 0.717) is 23.7 Å². The predicted octanol–water partition coefficient (Wildman–Crippen LogP) is -0.323. The summed E-state index contributed by atoms with van der Waals surface area (Å²) < 4.78 is 33.6. The largest absolute Gasteiger partial charge is 1.00 e. The third-order valence-corrected chi connectivity index (χ3v) is 7.92. The second-order valence-corrected chi connectivity index (χ2v) is 10.4. The van der Waals surface area contributed by atoms with Crippen LogP contribution in [0.2, 0.25) is 0 Å². The van der Waals surface area contributed by atoms with Crippen LogP contribution in [-0.2, 0) is 27.8 Å². The quantitative estimate of drug-likeness (QED) is 0.343. The first-order chi connectivity index (χ1) is 15.4. The van der Waals surface area contributed by atoms with Crippen LogP contribution >= 0.6 is 11.8 Å². The van der Waals surface area contributed by atoms with Gasteiger partial charge in [-0.25, -0.2) is 13.1 Å². The molecule has 1 aliphatic rings. The first kappa shape index (κ1) is 25.8. The molecule has 3 aromatic carbocycles. The number of nitrogens with one attached hydrogen (secondary N) is 1. The van der Waals surface area contributed by atoms with E-state index >= 15 is 0 Å². The number of hydrogen-bond acceptors (Lipinski definition) is 6. The van der Waals surface area contributed by atoms with Crippen molar-refractivity contribution in [1.29, 1.82) is 0 Å². The summed E-state index contributed by atoms with van der Waals surface area (Å²) in [7, 11) is -3.57. The predicted molar refractivity (Wildman–Crippen MR) is 122 cm³/mol. The van der Waals surface area contributed by atoms with Crippen molar-refractivity contribution in [1.82, 2.24) is 4.72 Å². The molecule has 0 amide bonds. The third kappa shape index (κ3) is 6.41. The Balaban J connectivity index is 0.00000306. The van der Waals surface area contributed by atoms with E-state index in [0.717, 1.165) is 16.7 Å². The Hall–Kier alpha value is -1.81. The molecule has 0 saturated heterocycles. The Morgan fingerprint density at radius 3 is 2.52 bits per heavy atom. The fourth-order valence-corrected chi connectivity index (χ4v) is 6.08. The van der Waals surface area contributed by atoms with Gasteiger partial charge >= 0.3 is 29.6 Å². The van der Waals surface area contributed by atoms with Crippen LogP contribution in [0.1, 0.15) is 27.5 Å². The average molecular weight is 492 g/mol. The van der Waals surface area contributed by atoms with Crippen LogP contribution < -0.4 is 44.1 Å². The normalized spacial score (nSPS) is 14.7. The van der Waals surface area contributed by atoms with Crippen LogP contribution in [-0.4, -0.2) is 26.7 Å². The number of carboxylic acid groups (broad SMARTS) is 1. The standard InChI is InChI=1S/C24H23NO5S2.Na/c26-23(27)15-17-10-11-22-21(14-17)24(20-9-5-4-6-18(20)16-30-22)31-13-12-25-32(28,29)19-7-2-1-3-8-19;/h1-11,14,24-25H,12-13,15-16H2,(H,26,27);/q;+1/p-1. The van der Waals surface area contributed by atoms with Gasteiger partial charge < -0.3 is 14.6 Å². The Bertz CT molecular complexity index is 1220. The van der Waals surface area contributed by atoms with Crippen molar-refractivity contribution in [2.75, 3.05) is 12.3 Å². The van der Waals surface area contributed by atoms with Gasteiger partial charge in [0.15, 0.2) is 0 Å². The molecule has 1 unspecified atom stereocenters. The Labute approximate surface area is 220 Å². The number of hydrogen-bond donors (Lipinski definition) is 1. The second kappa shape index (κ2) is 11.6. The molecule has 1 aliphatic heterocycles. The number of aliphatic carboxylic acids is 1. The number of carboxylic acids is 1. The van der Waals surface area contributed by atoms with Crippen molar-refractivity contribution >= 4 is 27.8 Å². The number of carbonyl (C=O) groups excluding carboxylic acids is 1. The van der Waals surface area contributed by atoms with Gasteiger partial charge in [0.2, 0.25) is 10.0 Å². The maximum absolute atomic E-state index is 12.5. The van der Waals surface area contributed by atoms with Gasteiger partial charge in [-0.3, -0.25) is 0 Å². The molecule has 0 fully saturated rings. The molecule has 3 aromatic rings. The van der Waals surface area contributed by atoms with E-state index in [1.165, 1.54) is 0 Å². The molecule has 4 rings (SSSR count). The summed E-state index contributed by atoms with van der Waals surface area (Å²) in [6, 6.07) is 21.6. The minimum atomic E-state index is -3.57. The topological polar surface area (TPSA) is 95.5 Å². The van der Waals surface area contributed by atoms with Gasteiger partial charge in [0.25, 0.3) is 0 Å². The summed E-state index contributed by atoms with van der Waals surface area (Å²) in [6.07, 6.45) is -0.177. The first-order valence-corrected chi connectivity index (χ1v) is 12.7. The van der Waals surface area contributed by atoms with Crippen molar-refractivity contribution in [3.8, 4) is 5.75 Å². The number of benzene rings is 3. The number of fused-ring (bicyclic) bond motifs is 2. The molecule has 1 N–H and O–H groups in total. The fourth-order valence-electron chi connectivity index (χ4n) is 3.67. The summed E-state index contributed by atoms with van der Waals surface area (Å²) >= 11 is 1.59. The Kier molecular flexibility index (Phi) is 9.03. The number of sulfonamides is 1. The molecular weight excluding hydrogens is 469 g/mol. The van der Waals surface area contributed by atoms with Crippen LogP contribution in [0.3, 0.4) is 0 Å². The molecule has 0 bridgehead atoms. The minimum Gasteiger partial charge on any atom is -0.550 e. The summed E-state index contributed by atoms with van der Waals surface area (Å²) in [5.41, 5.74) is 3.65. The van der Waals surface area contributed by atoms with E-state index in [1.807, 2.05) is 30.3 Å². The van der Waals surface area contributed by atoms with Crippen LogP contribution in [0.15, 0.2) is 77.7 Å². The van der Waals surface area contributed by atoms with Gasteiger partial charge in [-0.1, -0.05) is 54.6 Å². The van der Waals surface area contributed by atoms with Gasteiger partial charge in [-0.15, -0.1) is 11.8 Å². The van der Waals surface area contributed by atoms with Crippen molar-refractivity contribution in [3.63, 3.8) is 0 Å². The molecule has 1 atom stereocenters. The molecule has 0 saturated carbocycles. The molecule has 0 spiro atoms. The zero-order chi connectivity index (χ0) is 22.6. The number of ether oxygens (including phenoxy) is 1. The molecular formula is C24H22NNaO5S2. The number of thioether (sulfide) groups is 1. The van der Waals surface area contributed by atoms with E-state index in [9.17, 15) is 18.3 Å². The smallest absolute Gasteiger partial charge is 0.550 e. The maximum atomic E-state index is 12.5. The van der Waals surface area contributed by atoms with Gasteiger partial charge in [-0.05, 0) is 34.9 Å².